The summed E-state index contributed by atoms with van der Waals surface area (Å²) < 4.78 is 0. The van der Waals surface area contributed by atoms with Crippen LogP contribution in [0.5, 0.6) is 0 Å². The van der Waals surface area contributed by atoms with Gasteiger partial charge in [0.2, 0.25) is 0 Å². The lowest BCUT2D eigenvalue weighted by Crippen LogP contribution is -2.43. The molecule has 0 heterocycles. The fraction of sp³-hybridized carbons (Fsp3) is 0.700. The van der Waals surface area contributed by atoms with E-state index in [1.807, 2.05) is 12.1 Å². The lowest BCUT2D eigenvalue weighted by Gasteiger charge is -2.54. The molecule has 0 nitrogen and oxygen atoms in total. The van der Waals surface area contributed by atoms with Crippen LogP contribution in [0.2, 0.25) is 5.02 Å². The highest BCUT2D eigenvalue weighted by Gasteiger charge is 2.47. The Bertz CT molecular complexity index is 465. The SMILES string of the molecule is CC(CC1CC2(C(C)C)CCC1CC2)c1ccc(Cl)cc1. The van der Waals surface area contributed by atoms with Crippen molar-refractivity contribution in [2.75, 3.05) is 0 Å². The Morgan fingerprint density at radius 1 is 1.10 bits per heavy atom. The molecule has 3 saturated carbocycles. The molecule has 1 aromatic carbocycles. The van der Waals surface area contributed by atoms with Gasteiger partial charge < -0.3 is 0 Å². The maximum Gasteiger partial charge on any atom is 0.0406 e. The first-order valence-electron chi connectivity index (χ1n) is 8.75. The summed E-state index contributed by atoms with van der Waals surface area (Å²) in [6.45, 7) is 7.30. The van der Waals surface area contributed by atoms with Crippen molar-refractivity contribution < 1.29 is 0 Å². The predicted molar refractivity (Wildman–Crippen MR) is 91.8 cm³/mol. The van der Waals surface area contributed by atoms with Crippen LogP contribution in [0.4, 0.5) is 0 Å². The zero-order valence-corrected chi connectivity index (χ0v) is 14.5. The van der Waals surface area contributed by atoms with Gasteiger partial charge in [0.05, 0.1) is 0 Å². The van der Waals surface area contributed by atoms with E-state index in [9.17, 15) is 0 Å². The van der Waals surface area contributed by atoms with Crippen molar-refractivity contribution in [3.05, 3.63) is 34.9 Å². The Kier molecular flexibility index (Phi) is 4.37. The molecule has 0 amide bonds. The third-order valence-electron chi connectivity index (χ3n) is 6.68. The molecule has 2 atom stereocenters. The highest BCUT2D eigenvalue weighted by Crippen LogP contribution is 2.58. The minimum absolute atomic E-state index is 0.663. The van der Waals surface area contributed by atoms with Gasteiger partial charge in [0, 0.05) is 5.02 Å². The van der Waals surface area contributed by atoms with E-state index < -0.39 is 0 Å². The number of halogens is 1. The van der Waals surface area contributed by atoms with E-state index in [2.05, 4.69) is 32.9 Å². The van der Waals surface area contributed by atoms with E-state index in [-0.39, 0.29) is 0 Å². The van der Waals surface area contributed by atoms with Gasteiger partial charge in [-0.2, -0.15) is 0 Å². The number of fused-ring (bicyclic) bond motifs is 3. The normalized spacial score (nSPS) is 33.4. The summed E-state index contributed by atoms with van der Waals surface area (Å²) >= 11 is 6.01. The van der Waals surface area contributed by atoms with Gasteiger partial charge in [0.1, 0.15) is 0 Å². The first-order valence-corrected chi connectivity index (χ1v) is 9.13. The molecular formula is C20H29Cl. The van der Waals surface area contributed by atoms with Gasteiger partial charge >= 0.3 is 0 Å². The van der Waals surface area contributed by atoms with Crippen molar-refractivity contribution in [3.63, 3.8) is 0 Å². The van der Waals surface area contributed by atoms with Gasteiger partial charge in [0.25, 0.3) is 0 Å². The van der Waals surface area contributed by atoms with Crippen molar-refractivity contribution in [2.24, 2.45) is 23.2 Å². The van der Waals surface area contributed by atoms with Crippen LogP contribution in [0.3, 0.4) is 0 Å². The lowest BCUT2D eigenvalue weighted by atomic mass is 9.51. The molecule has 1 heteroatoms. The summed E-state index contributed by atoms with van der Waals surface area (Å²) in [6.07, 6.45) is 8.78. The standard InChI is InChI=1S/C20H29Cl/c1-14(2)20-10-8-17(9-11-20)18(13-20)12-15(3)16-4-6-19(21)7-5-16/h4-7,14-15,17-18H,8-13H2,1-3H3. The molecule has 2 bridgehead atoms. The van der Waals surface area contributed by atoms with E-state index in [0.29, 0.717) is 11.3 Å². The van der Waals surface area contributed by atoms with Gasteiger partial charge in [-0.15, -0.1) is 0 Å². The molecule has 2 unspecified atom stereocenters. The Balaban J connectivity index is 1.69. The third-order valence-corrected chi connectivity index (χ3v) is 6.93. The monoisotopic (exact) mass is 304 g/mol. The molecule has 116 valence electrons. The van der Waals surface area contributed by atoms with Crippen LogP contribution in [0, 0.1) is 23.2 Å². The molecule has 0 aliphatic heterocycles. The number of hydrogen-bond donors (Lipinski definition) is 0. The second-order valence-corrected chi connectivity index (χ2v) is 8.44. The molecule has 1 aromatic rings. The van der Waals surface area contributed by atoms with Gasteiger partial charge in [-0.25, -0.2) is 0 Å². The van der Waals surface area contributed by atoms with Crippen LogP contribution in [0.1, 0.15) is 70.8 Å². The summed E-state index contributed by atoms with van der Waals surface area (Å²) in [6, 6.07) is 8.50. The highest BCUT2D eigenvalue weighted by atomic mass is 35.5. The topological polar surface area (TPSA) is 0 Å². The van der Waals surface area contributed by atoms with Crippen molar-refractivity contribution in [1.82, 2.24) is 0 Å². The van der Waals surface area contributed by atoms with E-state index in [1.165, 1.54) is 44.1 Å². The smallest absolute Gasteiger partial charge is 0.0406 e. The first kappa shape index (κ1) is 15.4. The molecular weight excluding hydrogens is 276 g/mol. The van der Waals surface area contributed by atoms with Crippen LogP contribution in [-0.2, 0) is 0 Å². The predicted octanol–water partition coefficient (Wildman–Crippen LogP) is 6.69. The van der Waals surface area contributed by atoms with Crippen molar-refractivity contribution in [1.29, 1.82) is 0 Å². The Morgan fingerprint density at radius 2 is 1.71 bits per heavy atom. The van der Waals surface area contributed by atoms with Gasteiger partial charge in [0.15, 0.2) is 0 Å². The average Bonchev–Trinajstić information content (AvgIpc) is 2.49. The van der Waals surface area contributed by atoms with Crippen LogP contribution in [0.15, 0.2) is 24.3 Å². The number of benzene rings is 1. The number of hydrogen-bond acceptors (Lipinski definition) is 0. The van der Waals surface area contributed by atoms with Gasteiger partial charge in [-0.1, -0.05) is 44.5 Å². The summed E-state index contributed by atoms with van der Waals surface area (Å²) in [4.78, 5) is 0. The molecule has 3 aliphatic rings. The largest absolute Gasteiger partial charge is 0.0843 e. The minimum Gasteiger partial charge on any atom is -0.0843 e. The summed E-state index contributed by atoms with van der Waals surface area (Å²) in [5.74, 6) is 3.46. The van der Waals surface area contributed by atoms with Crippen LogP contribution in [-0.4, -0.2) is 0 Å². The fourth-order valence-corrected chi connectivity index (χ4v) is 5.18. The average molecular weight is 305 g/mol. The second kappa shape index (κ2) is 5.95. The summed E-state index contributed by atoms with van der Waals surface area (Å²) in [7, 11) is 0. The molecule has 21 heavy (non-hydrogen) atoms. The van der Waals surface area contributed by atoms with E-state index in [0.717, 1.165) is 22.8 Å². The molecule has 3 fully saturated rings. The minimum atomic E-state index is 0.663. The molecule has 0 radical (unpaired) electrons. The van der Waals surface area contributed by atoms with E-state index in [4.69, 9.17) is 11.6 Å². The molecule has 0 N–H and O–H groups in total. The third kappa shape index (κ3) is 3.02. The lowest BCUT2D eigenvalue weighted by molar-refractivity contribution is -0.0277. The summed E-state index contributed by atoms with van der Waals surface area (Å²) in [5.41, 5.74) is 2.12. The summed E-state index contributed by atoms with van der Waals surface area (Å²) in [5, 5.41) is 0.849. The van der Waals surface area contributed by atoms with Crippen molar-refractivity contribution in [2.45, 2.75) is 65.2 Å². The van der Waals surface area contributed by atoms with E-state index >= 15 is 0 Å². The quantitative estimate of drug-likeness (QED) is 0.581. The second-order valence-electron chi connectivity index (χ2n) is 8.01. The first-order chi connectivity index (χ1) is 10.00. The van der Waals surface area contributed by atoms with Crippen LogP contribution in [0.25, 0.3) is 0 Å². The highest BCUT2D eigenvalue weighted by molar-refractivity contribution is 6.30. The van der Waals surface area contributed by atoms with Crippen molar-refractivity contribution >= 4 is 11.6 Å². The molecule has 3 aliphatic carbocycles. The Hall–Kier alpha value is -0.490. The molecule has 0 saturated heterocycles. The van der Waals surface area contributed by atoms with Gasteiger partial charge in [-0.3, -0.25) is 0 Å². The Labute approximate surface area is 135 Å². The van der Waals surface area contributed by atoms with Crippen molar-refractivity contribution in [3.8, 4) is 0 Å². The number of rotatable bonds is 4. The fourth-order valence-electron chi connectivity index (χ4n) is 5.05. The zero-order valence-electron chi connectivity index (χ0n) is 13.7. The molecule has 0 aromatic heterocycles. The Morgan fingerprint density at radius 3 is 2.29 bits per heavy atom. The molecule has 4 rings (SSSR count). The van der Waals surface area contributed by atoms with Crippen LogP contribution >= 0.6 is 11.6 Å². The maximum absolute atomic E-state index is 6.01. The zero-order chi connectivity index (χ0) is 15.0. The maximum atomic E-state index is 6.01. The molecule has 0 spiro atoms. The van der Waals surface area contributed by atoms with E-state index in [1.54, 1.807) is 0 Å². The van der Waals surface area contributed by atoms with Crippen LogP contribution < -0.4 is 0 Å². The van der Waals surface area contributed by atoms with Gasteiger partial charge in [-0.05, 0) is 85.3 Å².